The van der Waals surface area contributed by atoms with E-state index in [9.17, 15) is 4.79 Å². The summed E-state index contributed by atoms with van der Waals surface area (Å²) in [6, 6.07) is 0. The highest BCUT2D eigenvalue weighted by molar-refractivity contribution is 5.69. The maximum absolute atomic E-state index is 11.5. The summed E-state index contributed by atoms with van der Waals surface area (Å²) in [5, 5.41) is 0. The van der Waals surface area contributed by atoms with E-state index in [4.69, 9.17) is 4.74 Å². The Morgan fingerprint density at radius 2 is 1.25 bits per heavy atom. The first-order chi connectivity index (χ1) is 9.10. The van der Waals surface area contributed by atoms with Gasteiger partial charge in [-0.25, -0.2) is 0 Å². The van der Waals surface area contributed by atoms with Crippen LogP contribution < -0.4 is 0 Å². The van der Waals surface area contributed by atoms with Crippen LogP contribution in [0.4, 0.5) is 0 Å². The van der Waals surface area contributed by atoms with E-state index in [1.54, 1.807) is 0 Å². The lowest BCUT2D eigenvalue weighted by Gasteiger charge is -2.17. The van der Waals surface area contributed by atoms with Gasteiger partial charge in [0, 0.05) is 6.42 Å². The Morgan fingerprint density at radius 1 is 0.750 bits per heavy atom. The van der Waals surface area contributed by atoms with Crippen LogP contribution in [0.25, 0.3) is 0 Å². The van der Waals surface area contributed by atoms with Crippen molar-refractivity contribution in [2.24, 2.45) is 10.8 Å². The molecule has 0 spiro atoms. The molecule has 0 saturated heterocycles. The van der Waals surface area contributed by atoms with E-state index < -0.39 is 0 Å². The van der Waals surface area contributed by atoms with E-state index in [1.807, 2.05) is 0 Å². The summed E-state index contributed by atoms with van der Waals surface area (Å²) in [4.78, 5) is 11.5. The Morgan fingerprint density at radius 3 is 1.75 bits per heavy atom. The van der Waals surface area contributed by atoms with Gasteiger partial charge in [0.25, 0.3) is 0 Å². The van der Waals surface area contributed by atoms with Crippen LogP contribution in [0.5, 0.6) is 0 Å². The quantitative estimate of drug-likeness (QED) is 0.398. The smallest absolute Gasteiger partial charge is 0.305 e. The van der Waals surface area contributed by atoms with Crippen molar-refractivity contribution in [3.63, 3.8) is 0 Å². The maximum atomic E-state index is 11.5. The molecule has 0 unspecified atom stereocenters. The predicted octanol–water partition coefficient (Wildman–Crippen LogP) is 5.74. The number of hydrogen-bond donors (Lipinski definition) is 0. The third kappa shape index (κ3) is 15.5. The van der Waals surface area contributed by atoms with E-state index >= 15 is 0 Å². The summed E-state index contributed by atoms with van der Waals surface area (Å²) in [6.07, 6.45) is 8.46. The molecule has 0 atom stereocenters. The number of hydrogen-bond acceptors (Lipinski definition) is 2. The molecule has 0 radical (unpaired) electrons. The minimum absolute atomic E-state index is 0.0171. The minimum Gasteiger partial charge on any atom is -0.466 e. The van der Waals surface area contributed by atoms with Crippen molar-refractivity contribution in [1.82, 2.24) is 0 Å². The Labute approximate surface area is 126 Å². The van der Waals surface area contributed by atoms with Crippen molar-refractivity contribution in [2.75, 3.05) is 6.61 Å². The molecule has 0 aliphatic heterocycles. The van der Waals surface area contributed by atoms with Crippen molar-refractivity contribution in [1.29, 1.82) is 0 Å². The number of carbonyl (C=O) groups is 1. The van der Waals surface area contributed by atoms with E-state index in [-0.39, 0.29) is 5.97 Å². The Bertz CT molecular complexity index is 230. The fourth-order valence-electron chi connectivity index (χ4n) is 2.12. The van der Waals surface area contributed by atoms with Crippen molar-refractivity contribution < 1.29 is 9.53 Å². The van der Waals surface area contributed by atoms with Gasteiger partial charge in [-0.3, -0.25) is 4.79 Å². The molecule has 0 N–H and O–H groups in total. The van der Waals surface area contributed by atoms with Crippen molar-refractivity contribution in [2.45, 2.75) is 92.9 Å². The Kier molecular flexibility index (Phi) is 9.16. The number of unbranched alkanes of at least 4 members (excludes halogenated alkanes) is 3. The molecule has 0 aromatic heterocycles. The minimum atomic E-state index is -0.0171. The molecule has 0 aliphatic carbocycles. The molecule has 2 heteroatoms. The molecule has 0 amide bonds. The van der Waals surface area contributed by atoms with Crippen LogP contribution >= 0.6 is 0 Å². The lowest BCUT2D eigenvalue weighted by atomic mass is 9.89. The summed E-state index contributed by atoms with van der Waals surface area (Å²) in [6.45, 7) is 14.1. The van der Waals surface area contributed by atoms with E-state index in [0.717, 1.165) is 25.7 Å². The first-order valence-corrected chi connectivity index (χ1v) is 8.26. The molecular weight excluding hydrogens is 248 g/mol. The molecule has 0 aromatic carbocycles. The predicted molar refractivity (Wildman–Crippen MR) is 86.8 cm³/mol. The molecule has 120 valence electrons. The average molecular weight is 284 g/mol. The Balaban J connectivity index is 3.38. The normalized spacial score (nSPS) is 12.5. The van der Waals surface area contributed by atoms with Gasteiger partial charge in [0.1, 0.15) is 0 Å². The highest BCUT2D eigenvalue weighted by Crippen LogP contribution is 2.22. The molecule has 0 rings (SSSR count). The zero-order chi connectivity index (χ0) is 15.6. The highest BCUT2D eigenvalue weighted by Gasteiger charge is 2.10. The van der Waals surface area contributed by atoms with Gasteiger partial charge in [-0.2, -0.15) is 0 Å². The van der Waals surface area contributed by atoms with Gasteiger partial charge >= 0.3 is 5.97 Å². The lowest BCUT2D eigenvalue weighted by molar-refractivity contribution is -0.143. The molecule has 0 heterocycles. The second kappa shape index (κ2) is 9.41. The maximum Gasteiger partial charge on any atom is 0.305 e. The largest absolute Gasteiger partial charge is 0.466 e. The third-order valence-electron chi connectivity index (χ3n) is 3.39. The van der Waals surface area contributed by atoms with E-state index in [0.29, 0.717) is 23.9 Å². The van der Waals surface area contributed by atoms with Crippen molar-refractivity contribution >= 4 is 5.97 Å². The molecule has 0 bridgehead atoms. The van der Waals surface area contributed by atoms with Crippen LogP contribution in [0, 0.1) is 10.8 Å². The monoisotopic (exact) mass is 284 g/mol. The summed E-state index contributed by atoms with van der Waals surface area (Å²) in [7, 11) is 0. The fraction of sp³-hybridized carbons (Fsp3) is 0.944. The van der Waals surface area contributed by atoms with Crippen LogP contribution in [0.3, 0.4) is 0 Å². The van der Waals surface area contributed by atoms with Crippen LogP contribution in [-0.2, 0) is 9.53 Å². The van der Waals surface area contributed by atoms with Crippen molar-refractivity contribution in [3.8, 4) is 0 Å². The summed E-state index contributed by atoms with van der Waals surface area (Å²) >= 11 is 0. The van der Waals surface area contributed by atoms with Gasteiger partial charge < -0.3 is 4.74 Å². The zero-order valence-electron chi connectivity index (χ0n) is 14.7. The summed E-state index contributed by atoms with van der Waals surface area (Å²) in [5.74, 6) is -0.0171. The topological polar surface area (TPSA) is 26.3 Å². The standard InChI is InChI=1S/C18H36O2/c1-17(2,3)13-9-7-8-12-16(19)20-15-11-10-14-18(4,5)6/h7-15H2,1-6H3. The third-order valence-corrected chi connectivity index (χ3v) is 3.39. The fourth-order valence-corrected chi connectivity index (χ4v) is 2.12. The molecule has 0 aliphatic rings. The SMILES string of the molecule is CC(C)(C)CCCCCC(=O)OCCCCC(C)(C)C. The molecule has 2 nitrogen and oxygen atoms in total. The van der Waals surface area contributed by atoms with E-state index in [2.05, 4.69) is 41.5 Å². The molecule has 0 saturated carbocycles. The average Bonchev–Trinajstić information content (AvgIpc) is 2.25. The van der Waals surface area contributed by atoms with Crippen molar-refractivity contribution in [3.05, 3.63) is 0 Å². The van der Waals surface area contributed by atoms with Crippen LogP contribution in [0.1, 0.15) is 92.9 Å². The molecular formula is C18H36O2. The zero-order valence-corrected chi connectivity index (χ0v) is 14.7. The Hall–Kier alpha value is -0.530. The van der Waals surface area contributed by atoms with Gasteiger partial charge in [0.05, 0.1) is 6.61 Å². The van der Waals surface area contributed by atoms with E-state index in [1.165, 1.54) is 19.3 Å². The highest BCUT2D eigenvalue weighted by atomic mass is 16.5. The van der Waals surface area contributed by atoms with Gasteiger partial charge in [-0.1, -0.05) is 54.4 Å². The second-order valence-corrected chi connectivity index (χ2v) is 8.36. The number of rotatable bonds is 9. The first kappa shape index (κ1) is 19.5. The lowest BCUT2D eigenvalue weighted by Crippen LogP contribution is -2.08. The van der Waals surface area contributed by atoms with Gasteiger partial charge in [0.15, 0.2) is 0 Å². The first-order valence-electron chi connectivity index (χ1n) is 8.26. The molecule has 20 heavy (non-hydrogen) atoms. The van der Waals surface area contributed by atoms with Crippen LogP contribution in [-0.4, -0.2) is 12.6 Å². The second-order valence-electron chi connectivity index (χ2n) is 8.36. The molecule has 0 fully saturated rings. The van der Waals surface area contributed by atoms with Gasteiger partial charge in [-0.05, 0) is 42.9 Å². The number of ether oxygens (including phenoxy) is 1. The number of carbonyl (C=O) groups excluding carboxylic acids is 1. The van der Waals surface area contributed by atoms with Crippen LogP contribution in [0.2, 0.25) is 0 Å². The van der Waals surface area contributed by atoms with Gasteiger partial charge in [0.2, 0.25) is 0 Å². The summed E-state index contributed by atoms with van der Waals surface area (Å²) in [5.41, 5.74) is 0.796. The van der Waals surface area contributed by atoms with Crippen LogP contribution in [0.15, 0.2) is 0 Å². The molecule has 0 aromatic rings. The van der Waals surface area contributed by atoms with Gasteiger partial charge in [-0.15, -0.1) is 0 Å². The number of esters is 1. The summed E-state index contributed by atoms with van der Waals surface area (Å²) < 4.78 is 5.27.